The highest BCUT2D eigenvalue weighted by Crippen LogP contribution is 2.38. The van der Waals surface area contributed by atoms with Gasteiger partial charge in [-0.2, -0.15) is 0 Å². The smallest absolute Gasteiger partial charge is 0.234 e. The van der Waals surface area contributed by atoms with Crippen LogP contribution < -0.4 is 0 Å². The summed E-state index contributed by atoms with van der Waals surface area (Å²) in [5, 5.41) is 0. The van der Waals surface area contributed by atoms with Crippen molar-refractivity contribution in [1.82, 2.24) is 14.9 Å². The minimum absolute atomic E-state index is 0.185. The number of carbonyl (C=O) groups excluding carboxylic acids is 1. The zero-order valence-electron chi connectivity index (χ0n) is 12.9. The fourth-order valence-electron chi connectivity index (χ4n) is 3.65. The van der Waals surface area contributed by atoms with E-state index in [0.717, 1.165) is 29.7 Å². The van der Waals surface area contributed by atoms with E-state index in [1.165, 1.54) is 0 Å². The van der Waals surface area contributed by atoms with Gasteiger partial charge in [-0.25, -0.2) is 9.97 Å². The number of carbonyl (C=O) groups is 1. The predicted octanol–water partition coefficient (Wildman–Crippen LogP) is 2.07. The van der Waals surface area contributed by atoms with Crippen LogP contribution in [0.4, 0.5) is 0 Å². The van der Waals surface area contributed by atoms with Crippen molar-refractivity contribution in [1.29, 1.82) is 0 Å². The third kappa shape index (κ3) is 2.41. The van der Waals surface area contributed by atoms with Crippen molar-refractivity contribution in [3.8, 4) is 0 Å². The molecule has 4 rings (SSSR count). The van der Waals surface area contributed by atoms with Crippen LogP contribution in [0.3, 0.4) is 0 Å². The average molecular weight is 309 g/mol. The average Bonchev–Trinajstić information content (AvgIpc) is 3.06. The van der Waals surface area contributed by atoms with Crippen LogP contribution in [0, 0.1) is 0 Å². The first-order valence-corrected chi connectivity index (χ1v) is 8.00. The number of amides is 1. The zero-order valence-corrected chi connectivity index (χ0v) is 12.9. The normalized spacial score (nSPS) is 19.4. The lowest BCUT2D eigenvalue weighted by atomic mass is 9.73. The molecule has 0 aliphatic carbocycles. The minimum atomic E-state index is -0.477. The molecule has 1 amide bonds. The molecule has 5 heteroatoms. The Morgan fingerprint density at radius 2 is 1.91 bits per heavy atom. The Kier molecular flexibility index (Phi) is 3.58. The fraction of sp³-hybridized carbons (Fsp3) is 0.389. The highest BCUT2D eigenvalue weighted by atomic mass is 16.5. The van der Waals surface area contributed by atoms with Crippen molar-refractivity contribution < 1.29 is 9.53 Å². The molecule has 5 nitrogen and oxygen atoms in total. The molecular weight excluding hydrogens is 290 g/mol. The van der Waals surface area contributed by atoms with Gasteiger partial charge in [-0.1, -0.05) is 30.3 Å². The van der Waals surface area contributed by atoms with Gasteiger partial charge in [0.2, 0.25) is 5.91 Å². The lowest BCUT2D eigenvalue weighted by Gasteiger charge is -2.39. The molecule has 0 spiro atoms. The lowest BCUT2D eigenvalue weighted by molar-refractivity contribution is -0.142. The summed E-state index contributed by atoms with van der Waals surface area (Å²) in [4.78, 5) is 23.7. The molecule has 0 saturated carbocycles. The van der Waals surface area contributed by atoms with Crippen LogP contribution in [-0.4, -0.2) is 34.0 Å². The Bertz CT molecular complexity index is 686. The Morgan fingerprint density at radius 1 is 1.13 bits per heavy atom. The van der Waals surface area contributed by atoms with Gasteiger partial charge >= 0.3 is 0 Å². The van der Waals surface area contributed by atoms with E-state index in [4.69, 9.17) is 4.74 Å². The van der Waals surface area contributed by atoms with E-state index in [2.05, 4.69) is 22.1 Å². The molecule has 2 aliphatic heterocycles. The van der Waals surface area contributed by atoms with Gasteiger partial charge in [-0.05, 0) is 18.4 Å². The number of hydrogen-bond acceptors (Lipinski definition) is 4. The fourth-order valence-corrected chi connectivity index (χ4v) is 3.65. The molecule has 1 saturated heterocycles. The van der Waals surface area contributed by atoms with E-state index in [1.807, 2.05) is 29.3 Å². The molecular formula is C18H19N3O2. The second-order valence-corrected chi connectivity index (χ2v) is 6.22. The number of ether oxygens (including phenoxy) is 1. The molecule has 2 aromatic rings. The first-order chi connectivity index (χ1) is 11.3. The van der Waals surface area contributed by atoms with E-state index in [-0.39, 0.29) is 5.91 Å². The van der Waals surface area contributed by atoms with Gasteiger partial charge in [0.05, 0.1) is 17.7 Å². The second-order valence-electron chi connectivity index (χ2n) is 6.22. The summed E-state index contributed by atoms with van der Waals surface area (Å²) >= 11 is 0. The quantitative estimate of drug-likeness (QED) is 0.852. The summed E-state index contributed by atoms with van der Waals surface area (Å²) in [5.41, 5.74) is 2.63. The van der Waals surface area contributed by atoms with Crippen molar-refractivity contribution in [2.75, 3.05) is 13.2 Å². The number of rotatable bonds is 2. The third-order valence-electron chi connectivity index (χ3n) is 4.95. The van der Waals surface area contributed by atoms with Crippen LogP contribution in [0.25, 0.3) is 0 Å². The van der Waals surface area contributed by atoms with Gasteiger partial charge in [0.25, 0.3) is 0 Å². The lowest BCUT2D eigenvalue weighted by Crippen LogP contribution is -2.48. The molecule has 118 valence electrons. The number of benzene rings is 1. The van der Waals surface area contributed by atoms with Crippen LogP contribution in [0.5, 0.6) is 0 Å². The number of hydrogen-bond donors (Lipinski definition) is 0. The van der Waals surface area contributed by atoms with Gasteiger partial charge in [0.1, 0.15) is 6.33 Å². The van der Waals surface area contributed by atoms with Gasteiger partial charge in [-0.3, -0.25) is 4.79 Å². The van der Waals surface area contributed by atoms with Crippen LogP contribution in [0.2, 0.25) is 0 Å². The number of fused-ring (bicyclic) bond motifs is 1. The zero-order chi connectivity index (χ0) is 15.7. The molecule has 0 radical (unpaired) electrons. The topological polar surface area (TPSA) is 55.3 Å². The summed E-state index contributed by atoms with van der Waals surface area (Å²) in [6.07, 6.45) is 4.83. The molecule has 23 heavy (non-hydrogen) atoms. The molecule has 1 aromatic heterocycles. The maximum Gasteiger partial charge on any atom is 0.234 e. The summed E-state index contributed by atoms with van der Waals surface area (Å²) in [5.74, 6) is 0.185. The largest absolute Gasteiger partial charge is 0.381 e. The first kappa shape index (κ1) is 14.3. The van der Waals surface area contributed by atoms with Gasteiger partial charge < -0.3 is 9.64 Å². The molecule has 0 atom stereocenters. The summed E-state index contributed by atoms with van der Waals surface area (Å²) in [6.45, 7) is 2.43. The van der Waals surface area contributed by atoms with Crippen molar-refractivity contribution in [2.24, 2.45) is 0 Å². The SMILES string of the molecule is O=C(N1Cc2cncnc2C1)C1(c2ccccc2)CCOCC1. The van der Waals surface area contributed by atoms with E-state index in [0.29, 0.717) is 26.3 Å². The molecule has 0 bridgehead atoms. The number of nitrogens with zero attached hydrogens (tertiary/aromatic N) is 3. The van der Waals surface area contributed by atoms with Gasteiger partial charge in [0.15, 0.2) is 0 Å². The Balaban J connectivity index is 1.67. The van der Waals surface area contributed by atoms with Crippen molar-refractivity contribution in [3.63, 3.8) is 0 Å². The van der Waals surface area contributed by atoms with Crippen LogP contribution in [-0.2, 0) is 28.0 Å². The van der Waals surface area contributed by atoms with E-state index in [1.54, 1.807) is 6.33 Å². The maximum atomic E-state index is 13.4. The van der Waals surface area contributed by atoms with Gasteiger partial charge in [0, 0.05) is 31.5 Å². The Labute approximate surface area is 135 Å². The molecule has 0 unspecified atom stereocenters. The highest BCUT2D eigenvalue weighted by Gasteiger charge is 2.45. The maximum absolute atomic E-state index is 13.4. The predicted molar refractivity (Wildman–Crippen MR) is 84.5 cm³/mol. The van der Waals surface area contributed by atoms with Crippen molar-refractivity contribution >= 4 is 5.91 Å². The molecule has 3 heterocycles. The monoisotopic (exact) mass is 309 g/mol. The second kappa shape index (κ2) is 5.74. The van der Waals surface area contributed by atoms with Crippen molar-refractivity contribution in [3.05, 3.63) is 59.7 Å². The standard InChI is InChI=1S/C18H19N3O2/c22-17(21-11-14-10-19-13-20-16(14)12-21)18(6-8-23-9-7-18)15-4-2-1-3-5-15/h1-5,10,13H,6-9,11-12H2. The van der Waals surface area contributed by atoms with Crippen LogP contribution in [0.15, 0.2) is 42.9 Å². The van der Waals surface area contributed by atoms with E-state index < -0.39 is 5.41 Å². The van der Waals surface area contributed by atoms with Gasteiger partial charge in [-0.15, -0.1) is 0 Å². The highest BCUT2D eigenvalue weighted by molar-refractivity contribution is 5.88. The van der Waals surface area contributed by atoms with Crippen LogP contribution in [0.1, 0.15) is 29.7 Å². The molecule has 1 aromatic carbocycles. The summed E-state index contributed by atoms with van der Waals surface area (Å²) < 4.78 is 5.53. The molecule has 0 N–H and O–H groups in total. The van der Waals surface area contributed by atoms with Crippen LogP contribution >= 0.6 is 0 Å². The molecule has 2 aliphatic rings. The van der Waals surface area contributed by atoms with E-state index in [9.17, 15) is 4.79 Å². The first-order valence-electron chi connectivity index (χ1n) is 8.00. The Morgan fingerprint density at radius 3 is 2.65 bits per heavy atom. The molecule has 1 fully saturated rings. The third-order valence-corrected chi connectivity index (χ3v) is 4.95. The Hall–Kier alpha value is -2.27. The summed E-state index contributed by atoms with van der Waals surface area (Å²) in [6, 6.07) is 10.1. The summed E-state index contributed by atoms with van der Waals surface area (Å²) in [7, 11) is 0. The number of aromatic nitrogens is 2. The van der Waals surface area contributed by atoms with E-state index >= 15 is 0 Å². The minimum Gasteiger partial charge on any atom is -0.381 e. The van der Waals surface area contributed by atoms with Crippen molar-refractivity contribution in [2.45, 2.75) is 31.3 Å².